The van der Waals surface area contributed by atoms with Crippen molar-refractivity contribution >= 4 is 29.3 Å². The van der Waals surface area contributed by atoms with Crippen LogP contribution in [0.5, 0.6) is 5.75 Å². The van der Waals surface area contributed by atoms with Crippen LogP contribution in [0.1, 0.15) is 5.56 Å². The predicted molar refractivity (Wildman–Crippen MR) is 55.4 cm³/mol. The Balaban J connectivity index is 2.74. The largest absolute Gasteiger partial charge is 0.508 e. The van der Waals surface area contributed by atoms with E-state index in [0.29, 0.717) is 12.0 Å². The van der Waals surface area contributed by atoms with Crippen LogP contribution in [0.25, 0.3) is 0 Å². The Kier molecular flexibility index (Phi) is 3.63. The molecule has 4 heteroatoms. The fourth-order valence-corrected chi connectivity index (χ4v) is 1.22. The summed E-state index contributed by atoms with van der Waals surface area (Å²) in [7, 11) is 0. The van der Waals surface area contributed by atoms with Gasteiger partial charge < -0.3 is 5.11 Å². The molecule has 1 atom stereocenters. The van der Waals surface area contributed by atoms with Gasteiger partial charge in [-0.05, 0) is 11.6 Å². The van der Waals surface area contributed by atoms with Gasteiger partial charge in [0.1, 0.15) is 11.1 Å². The van der Waals surface area contributed by atoms with Gasteiger partial charge in [-0.3, -0.25) is 4.79 Å². The van der Waals surface area contributed by atoms with Crippen LogP contribution in [-0.4, -0.2) is 15.6 Å². The summed E-state index contributed by atoms with van der Waals surface area (Å²) in [5, 5.41) is 8.28. The molecule has 2 nitrogen and oxygen atoms in total. The first kappa shape index (κ1) is 10.4. The number of benzene rings is 1. The van der Waals surface area contributed by atoms with Gasteiger partial charge in [-0.25, -0.2) is 0 Å². The van der Waals surface area contributed by atoms with Gasteiger partial charge in [0.15, 0.2) is 0 Å². The number of phenols is 1. The summed E-state index contributed by atoms with van der Waals surface area (Å²) < 4.78 is 0. The molecular weight excluding hydrogens is 208 g/mol. The highest BCUT2D eigenvalue weighted by Crippen LogP contribution is 2.19. The van der Waals surface area contributed by atoms with Crippen LogP contribution in [0.4, 0.5) is 0 Å². The van der Waals surface area contributed by atoms with Crippen LogP contribution in [0.3, 0.4) is 0 Å². The molecule has 1 rings (SSSR count). The van der Waals surface area contributed by atoms with Gasteiger partial charge >= 0.3 is 0 Å². The van der Waals surface area contributed by atoms with E-state index in [9.17, 15) is 9.90 Å². The maximum atomic E-state index is 10.7. The van der Waals surface area contributed by atoms with Crippen molar-refractivity contribution in [3.05, 3.63) is 29.8 Å². The molecule has 0 spiro atoms. The van der Waals surface area contributed by atoms with Gasteiger partial charge in [-0.15, -0.1) is 24.2 Å². The van der Waals surface area contributed by atoms with E-state index in [1.807, 2.05) is 0 Å². The predicted octanol–water partition coefficient (Wildman–Crippen LogP) is 2.00. The Hall–Kier alpha value is -0.670. The molecule has 0 aromatic heterocycles. The SMILES string of the molecule is O=C(S)C(Cl)Cc1ccccc1O. The van der Waals surface area contributed by atoms with Gasteiger partial charge in [0.25, 0.3) is 0 Å². The first-order valence-corrected chi connectivity index (χ1v) is 4.63. The lowest BCUT2D eigenvalue weighted by molar-refractivity contribution is -0.110. The molecule has 0 aliphatic rings. The Labute approximate surface area is 86.9 Å². The molecule has 13 heavy (non-hydrogen) atoms. The minimum atomic E-state index is -0.684. The summed E-state index contributed by atoms with van der Waals surface area (Å²) in [5.74, 6) is 0.155. The van der Waals surface area contributed by atoms with E-state index < -0.39 is 5.38 Å². The second kappa shape index (κ2) is 4.53. The topological polar surface area (TPSA) is 37.3 Å². The van der Waals surface area contributed by atoms with Gasteiger partial charge in [-0.1, -0.05) is 18.2 Å². The van der Waals surface area contributed by atoms with Crippen molar-refractivity contribution in [3.63, 3.8) is 0 Å². The molecule has 1 aromatic carbocycles. The molecule has 0 bridgehead atoms. The fourth-order valence-electron chi connectivity index (χ4n) is 0.964. The number of para-hydroxylation sites is 1. The second-order valence-corrected chi connectivity index (χ2v) is 3.61. The standard InChI is InChI=1S/C9H9ClO2S/c10-7(9(12)13)5-6-3-1-2-4-8(6)11/h1-4,7,11H,5H2,(H,12,13). The number of hydrogen-bond donors (Lipinski definition) is 2. The number of thiol groups is 1. The van der Waals surface area contributed by atoms with Crippen LogP contribution in [0, 0.1) is 0 Å². The van der Waals surface area contributed by atoms with Crippen molar-refractivity contribution in [2.24, 2.45) is 0 Å². The minimum Gasteiger partial charge on any atom is -0.508 e. The highest BCUT2D eigenvalue weighted by atomic mass is 35.5. The van der Waals surface area contributed by atoms with E-state index in [2.05, 4.69) is 12.6 Å². The lowest BCUT2D eigenvalue weighted by atomic mass is 10.1. The zero-order chi connectivity index (χ0) is 9.84. The number of hydrogen-bond acceptors (Lipinski definition) is 2. The van der Waals surface area contributed by atoms with E-state index in [0.717, 1.165) is 0 Å². The highest BCUT2D eigenvalue weighted by molar-refractivity contribution is 7.97. The van der Waals surface area contributed by atoms with Crippen molar-refractivity contribution in [3.8, 4) is 5.75 Å². The summed E-state index contributed by atoms with van der Waals surface area (Å²) in [6.45, 7) is 0. The van der Waals surface area contributed by atoms with E-state index in [4.69, 9.17) is 11.6 Å². The normalized spacial score (nSPS) is 12.5. The third kappa shape index (κ3) is 2.94. The molecule has 0 aliphatic carbocycles. The Morgan fingerprint density at radius 1 is 1.54 bits per heavy atom. The molecule has 1 aromatic rings. The second-order valence-electron chi connectivity index (χ2n) is 2.64. The zero-order valence-corrected chi connectivity index (χ0v) is 8.42. The lowest BCUT2D eigenvalue weighted by Crippen LogP contribution is -2.11. The van der Waals surface area contributed by atoms with Crippen molar-refractivity contribution < 1.29 is 9.90 Å². The molecule has 0 amide bonds. The van der Waals surface area contributed by atoms with Crippen LogP contribution in [0.2, 0.25) is 0 Å². The van der Waals surface area contributed by atoms with Crippen molar-refractivity contribution in [2.75, 3.05) is 0 Å². The molecule has 0 radical (unpaired) electrons. The van der Waals surface area contributed by atoms with E-state index in [-0.39, 0.29) is 10.9 Å². The molecule has 0 heterocycles. The molecule has 70 valence electrons. The number of aromatic hydroxyl groups is 1. The van der Waals surface area contributed by atoms with Gasteiger partial charge in [0.2, 0.25) is 5.12 Å². The first-order chi connectivity index (χ1) is 6.11. The number of alkyl halides is 1. The Morgan fingerprint density at radius 2 is 2.15 bits per heavy atom. The van der Waals surface area contributed by atoms with Crippen molar-refractivity contribution in [1.82, 2.24) is 0 Å². The maximum Gasteiger partial charge on any atom is 0.204 e. The van der Waals surface area contributed by atoms with Crippen LogP contribution < -0.4 is 0 Å². The van der Waals surface area contributed by atoms with E-state index >= 15 is 0 Å². The summed E-state index contributed by atoms with van der Waals surface area (Å²) in [4.78, 5) is 10.7. The molecule has 0 aliphatic heterocycles. The quantitative estimate of drug-likeness (QED) is 0.599. The summed E-state index contributed by atoms with van der Waals surface area (Å²) in [6, 6.07) is 6.77. The number of phenolic OH excluding ortho intramolecular Hbond substituents is 1. The molecule has 1 N–H and O–H groups in total. The fraction of sp³-hybridized carbons (Fsp3) is 0.222. The Bertz CT molecular complexity index is 314. The third-order valence-corrected chi connectivity index (χ3v) is 2.48. The van der Waals surface area contributed by atoms with Crippen LogP contribution >= 0.6 is 24.2 Å². The van der Waals surface area contributed by atoms with Gasteiger partial charge in [0.05, 0.1) is 0 Å². The van der Waals surface area contributed by atoms with Crippen LogP contribution in [-0.2, 0) is 11.2 Å². The minimum absolute atomic E-state index is 0.155. The summed E-state index contributed by atoms with van der Waals surface area (Å²) in [6.07, 6.45) is 0.302. The third-order valence-electron chi connectivity index (χ3n) is 1.66. The number of carbonyl (C=O) groups excluding carboxylic acids is 1. The van der Waals surface area contributed by atoms with E-state index in [1.54, 1.807) is 24.3 Å². The van der Waals surface area contributed by atoms with Crippen molar-refractivity contribution in [2.45, 2.75) is 11.8 Å². The number of halogens is 1. The summed E-state index contributed by atoms with van der Waals surface area (Å²) in [5.41, 5.74) is 0.657. The molecular formula is C9H9ClO2S. The molecule has 1 unspecified atom stereocenters. The molecule has 0 saturated heterocycles. The highest BCUT2D eigenvalue weighted by Gasteiger charge is 2.13. The number of rotatable bonds is 3. The monoisotopic (exact) mass is 216 g/mol. The lowest BCUT2D eigenvalue weighted by Gasteiger charge is -2.06. The summed E-state index contributed by atoms with van der Waals surface area (Å²) >= 11 is 9.29. The average Bonchev–Trinajstić information content (AvgIpc) is 2.08. The smallest absolute Gasteiger partial charge is 0.204 e. The number of carbonyl (C=O) groups is 1. The van der Waals surface area contributed by atoms with Gasteiger partial charge in [0, 0.05) is 6.42 Å². The zero-order valence-electron chi connectivity index (χ0n) is 6.77. The Morgan fingerprint density at radius 3 is 2.69 bits per heavy atom. The molecule has 0 fully saturated rings. The van der Waals surface area contributed by atoms with E-state index in [1.165, 1.54) is 0 Å². The van der Waals surface area contributed by atoms with Crippen LogP contribution in [0.15, 0.2) is 24.3 Å². The first-order valence-electron chi connectivity index (χ1n) is 3.75. The molecule has 0 saturated carbocycles. The van der Waals surface area contributed by atoms with Gasteiger partial charge in [-0.2, -0.15) is 0 Å². The average molecular weight is 217 g/mol. The maximum absolute atomic E-state index is 10.7. The van der Waals surface area contributed by atoms with Crippen molar-refractivity contribution in [1.29, 1.82) is 0 Å².